The van der Waals surface area contributed by atoms with Crippen molar-refractivity contribution in [3.8, 4) is 11.5 Å². The summed E-state index contributed by atoms with van der Waals surface area (Å²) in [5.41, 5.74) is 2.29. The van der Waals surface area contributed by atoms with E-state index in [9.17, 15) is 0 Å². The quantitative estimate of drug-likeness (QED) is 0.190. The van der Waals surface area contributed by atoms with Crippen LogP contribution in [0.3, 0.4) is 0 Å². The highest BCUT2D eigenvalue weighted by Crippen LogP contribution is 2.47. The smallest absolute Gasteiger partial charge is 0.332 e. The van der Waals surface area contributed by atoms with Crippen LogP contribution in [0.5, 0.6) is 11.5 Å². The van der Waals surface area contributed by atoms with E-state index in [0.717, 1.165) is 11.5 Å². The number of ether oxygens (including phenoxy) is 2. The molecule has 2 aliphatic rings. The lowest BCUT2D eigenvalue weighted by Gasteiger charge is -2.32. The van der Waals surface area contributed by atoms with Crippen LogP contribution in [-0.2, 0) is 32.6 Å². The van der Waals surface area contributed by atoms with Crippen molar-refractivity contribution >= 4 is 17.2 Å². The van der Waals surface area contributed by atoms with Gasteiger partial charge in [0.2, 0.25) is 0 Å². The van der Waals surface area contributed by atoms with E-state index in [2.05, 4.69) is 65.8 Å². The first-order valence-electron chi connectivity index (χ1n) is 13.4. The molecule has 2 aliphatic heterocycles. The normalized spacial score (nSPS) is 20.1. The van der Waals surface area contributed by atoms with Gasteiger partial charge in [0.25, 0.3) is 0 Å². The average Bonchev–Trinajstić information content (AvgIpc) is 2.91. The zero-order valence-corrected chi connectivity index (χ0v) is 25.7. The monoisotopic (exact) mass is 580 g/mol. The predicted molar refractivity (Wildman–Crippen MR) is 153 cm³/mol. The molecule has 0 aliphatic carbocycles. The SMILES string of the molecule is CC1(C)COP(OCCOc2ccc(C(C)(C)c3ccc(OCCOP4OCC(C)(C)CO4)cc3)cc2)OC1. The van der Waals surface area contributed by atoms with Crippen LogP contribution < -0.4 is 9.47 Å². The summed E-state index contributed by atoms with van der Waals surface area (Å²) in [5, 5.41) is 0. The maximum absolute atomic E-state index is 5.85. The summed E-state index contributed by atoms with van der Waals surface area (Å²) in [7, 11) is -2.55. The minimum atomic E-state index is -1.27. The highest BCUT2D eigenvalue weighted by molar-refractivity contribution is 7.42. The molecule has 10 heteroatoms. The average molecular weight is 581 g/mol. The van der Waals surface area contributed by atoms with Crippen molar-refractivity contribution < 1.29 is 36.6 Å². The molecule has 0 saturated carbocycles. The molecular formula is C29H42O8P2. The second-order valence-corrected chi connectivity index (χ2v) is 14.4. The molecule has 2 fully saturated rings. The third kappa shape index (κ3) is 9.34. The Balaban J connectivity index is 1.17. The van der Waals surface area contributed by atoms with E-state index in [0.29, 0.717) is 52.9 Å². The molecule has 2 saturated heterocycles. The molecule has 2 aromatic rings. The second-order valence-electron chi connectivity index (χ2n) is 11.9. The molecule has 0 amide bonds. The van der Waals surface area contributed by atoms with Crippen molar-refractivity contribution in [2.75, 3.05) is 52.9 Å². The largest absolute Gasteiger partial charge is 0.491 e. The molecule has 2 heterocycles. The van der Waals surface area contributed by atoms with Gasteiger partial charge in [-0.1, -0.05) is 65.8 Å². The van der Waals surface area contributed by atoms with Gasteiger partial charge in [-0.15, -0.1) is 0 Å². The lowest BCUT2D eigenvalue weighted by Crippen LogP contribution is -2.28. The fourth-order valence-electron chi connectivity index (χ4n) is 3.86. The van der Waals surface area contributed by atoms with E-state index >= 15 is 0 Å². The molecule has 0 bridgehead atoms. The number of rotatable bonds is 12. The van der Waals surface area contributed by atoms with Crippen molar-refractivity contribution in [3.63, 3.8) is 0 Å². The van der Waals surface area contributed by atoms with Gasteiger partial charge in [-0.05, 0) is 35.4 Å². The van der Waals surface area contributed by atoms with Crippen molar-refractivity contribution in [2.45, 2.75) is 47.0 Å². The maximum atomic E-state index is 5.85. The fraction of sp³-hybridized carbons (Fsp3) is 0.586. The lowest BCUT2D eigenvalue weighted by molar-refractivity contribution is 0.0248. The third-order valence-corrected chi connectivity index (χ3v) is 8.64. The van der Waals surface area contributed by atoms with E-state index in [1.165, 1.54) is 11.1 Å². The molecule has 0 spiro atoms. The Bertz CT molecular complexity index is 925. The zero-order valence-electron chi connectivity index (χ0n) is 23.9. The van der Waals surface area contributed by atoms with Gasteiger partial charge < -0.3 is 36.6 Å². The predicted octanol–water partition coefficient (Wildman–Crippen LogP) is 7.40. The molecular weight excluding hydrogens is 538 g/mol. The molecule has 8 nitrogen and oxygen atoms in total. The highest BCUT2D eigenvalue weighted by Gasteiger charge is 2.31. The fourth-order valence-corrected chi connectivity index (χ4v) is 6.58. The first kappa shape index (κ1) is 30.6. The molecule has 0 aromatic heterocycles. The zero-order chi connectivity index (χ0) is 27.9. The Morgan fingerprint density at radius 2 is 0.923 bits per heavy atom. The van der Waals surface area contributed by atoms with Crippen molar-refractivity contribution in [1.29, 1.82) is 0 Å². The van der Waals surface area contributed by atoms with Crippen LogP contribution in [0.15, 0.2) is 48.5 Å². The molecule has 4 rings (SSSR count). The molecule has 2 aromatic carbocycles. The number of benzene rings is 2. The molecule has 0 radical (unpaired) electrons. The van der Waals surface area contributed by atoms with E-state index in [4.69, 9.17) is 36.6 Å². The van der Waals surface area contributed by atoms with Gasteiger partial charge in [0.1, 0.15) is 24.7 Å². The van der Waals surface area contributed by atoms with Gasteiger partial charge >= 0.3 is 17.2 Å². The minimum Gasteiger partial charge on any atom is -0.491 e. The van der Waals surface area contributed by atoms with Gasteiger partial charge in [-0.2, -0.15) is 0 Å². The van der Waals surface area contributed by atoms with Gasteiger partial charge in [0.05, 0.1) is 39.6 Å². The van der Waals surface area contributed by atoms with Gasteiger partial charge in [-0.3, -0.25) is 0 Å². The number of hydrogen-bond acceptors (Lipinski definition) is 8. The second kappa shape index (κ2) is 13.5. The summed E-state index contributed by atoms with van der Waals surface area (Å²) < 4.78 is 45.6. The topological polar surface area (TPSA) is 73.8 Å². The molecule has 39 heavy (non-hydrogen) atoms. The molecule has 216 valence electrons. The Kier molecular flexibility index (Phi) is 10.6. The third-order valence-electron chi connectivity index (χ3n) is 6.49. The van der Waals surface area contributed by atoms with Gasteiger partial charge in [-0.25, -0.2) is 0 Å². The summed E-state index contributed by atoms with van der Waals surface area (Å²) in [6, 6.07) is 16.4. The highest BCUT2D eigenvalue weighted by atomic mass is 31.2. The van der Waals surface area contributed by atoms with Crippen LogP contribution in [0.2, 0.25) is 0 Å². The summed E-state index contributed by atoms with van der Waals surface area (Å²) in [5.74, 6) is 1.61. The Labute approximate surface area is 235 Å². The van der Waals surface area contributed by atoms with Crippen LogP contribution in [-0.4, -0.2) is 52.9 Å². The van der Waals surface area contributed by atoms with E-state index in [-0.39, 0.29) is 16.2 Å². The lowest BCUT2D eigenvalue weighted by atomic mass is 9.78. The minimum absolute atomic E-state index is 0.0400. The Hall–Kier alpha value is -1.34. The standard InChI is InChI=1S/C29H42O8P2/c1-27(2)19-34-38(35-20-27)32-17-15-30-25-11-7-23(8-12-25)29(5,6)24-9-13-26(14-10-24)31-16-18-33-39-36-21-28(3,4)22-37-39/h7-14H,15-22H2,1-6H3. The molecule has 0 unspecified atom stereocenters. The first-order valence-corrected chi connectivity index (χ1v) is 15.6. The van der Waals surface area contributed by atoms with Crippen LogP contribution >= 0.6 is 17.2 Å². The van der Waals surface area contributed by atoms with Crippen LogP contribution in [0, 0.1) is 10.8 Å². The van der Waals surface area contributed by atoms with E-state index in [1.54, 1.807) is 0 Å². The molecule has 0 atom stereocenters. The Morgan fingerprint density at radius 3 is 1.26 bits per heavy atom. The maximum Gasteiger partial charge on any atom is 0.332 e. The van der Waals surface area contributed by atoms with Crippen molar-refractivity contribution in [2.24, 2.45) is 10.8 Å². The summed E-state index contributed by atoms with van der Waals surface area (Å²) >= 11 is 0. The van der Waals surface area contributed by atoms with Crippen LogP contribution in [0.25, 0.3) is 0 Å². The van der Waals surface area contributed by atoms with Crippen LogP contribution in [0.4, 0.5) is 0 Å². The Morgan fingerprint density at radius 1 is 0.590 bits per heavy atom. The van der Waals surface area contributed by atoms with Crippen molar-refractivity contribution in [3.05, 3.63) is 59.7 Å². The van der Waals surface area contributed by atoms with E-state index < -0.39 is 17.2 Å². The summed E-state index contributed by atoms with van der Waals surface area (Å²) in [4.78, 5) is 0. The summed E-state index contributed by atoms with van der Waals surface area (Å²) in [6.45, 7) is 17.2. The summed E-state index contributed by atoms with van der Waals surface area (Å²) in [6.07, 6.45) is 0. The van der Waals surface area contributed by atoms with Gasteiger partial charge in [0, 0.05) is 16.2 Å². The first-order chi connectivity index (χ1) is 18.5. The van der Waals surface area contributed by atoms with Crippen LogP contribution in [0.1, 0.15) is 52.7 Å². The van der Waals surface area contributed by atoms with Crippen molar-refractivity contribution in [1.82, 2.24) is 0 Å². The number of hydrogen-bond donors (Lipinski definition) is 0. The van der Waals surface area contributed by atoms with E-state index in [1.807, 2.05) is 24.3 Å². The molecule has 0 N–H and O–H groups in total. The van der Waals surface area contributed by atoms with Gasteiger partial charge in [0.15, 0.2) is 0 Å².